The number of nitrogens with one attached hydrogen (secondary N) is 1. The van der Waals surface area contributed by atoms with E-state index in [2.05, 4.69) is 10.4 Å². The minimum absolute atomic E-state index is 0.165. The Morgan fingerprint density at radius 2 is 1.59 bits per heavy atom. The van der Waals surface area contributed by atoms with Gasteiger partial charge in [0.2, 0.25) is 6.79 Å². The van der Waals surface area contributed by atoms with Crippen molar-refractivity contribution < 1.29 is 23.7 Å². The van der Waals surface area contributed by atoms with Crippen LogP contribution in [0.5, 0.6) is 23.0 Å². The van der Waals surface area contributed by atoms with Gasteiger partial charge < -0.3 is 24.3 Å². The first-order chi connectivity index (χ1) is 15.4. The highest BCUT2D eigenvalue weighted by molar-refractivity contribution is 5.96. The number of benzene rings is 2. The standard InChI is InChI=1S/C23H21N3O6/c1-23(2,22(28)24-15-4-7-17-20(12-15)30-10-9-29-17)26-21(27)8-5-16(25-26)14-3-6-18-19(11-14)32-13-31-18/h3-8,11-12H,9-10,13H2,1-2H3,(H,24,28). The van der Waals surface area contributed by atoms with Crippen molar-refractivity contribution in [2.75, 3.05) is 25.3 Å². The van der Waals surface area contributed by atoms with Gasteiger partial charge in [-0.2, -0.15) is 5.10 Å². The number of hydrogen-bond acceptors (Lipinski definition) is 7. The van der Waals surface area contributed by atoms with Crippen LogP contribution < -0.4 is 29.8 Å². The molecule has 2 aliphatic heterocycles. The first-order valence-electron chi connectivity index (χ1n) is 10.1. The van der Waals surface area contributed by atoms with E-state index in [1.165, 1.54) is 10.7 Å². The lowest BCUT2D eigenvalue weighted by molar-refractivity contribution is -0.123. The molecular formula is C23H21N3O6. The first kappa shape index (κ1) is 19.9. The van der Waals surface area contributed by atoms with Gasteiger partial charge >= 0.3 is 0 Å². The maximum absolute atomic E-state index is 13.1. The molecule has 9 heteroatoms. The van der Waals surface area contributed by atoms with Gasteiger partial charge in [0.15, 0.2) is 23.0 Å². The largest absolute Gasteiger partial charge is 0.486 e. The summed E-state index contributed by atoms with van der Waals surface area (Å²) in [5, 5.41) is 7.32. The lowest BCUT2D eigenvalue weighted by Gasteiger charge is -2.26. The molecule has 1 amide bonds. The lowest BCUT2D eigenvalue weighted by atomic mass is 10.0. The predicted octanol–water partition coefficient (Wildman–Crippen LogP) is 2.78. The Morgan fingerprint density at radius 3 is 2.44 bits per heavy atom. The second-order valence-electron chi connectivity index (χ2n) is 7.91. The van der Waals surface area contributed by atoms with Crippen molar-refractivity contribution in [3.05, 3.63) is 58.9 Å². The molecule has 164 valence electrons. The highest BCUT2D eigenvalue weighted by Gasteiger charge is 2.33. The summed E-state index contributed by atoms with van der Waals surface area (Å²) in [6.45, 7) is 4.37. The molecule has 1 N–H and O–H groups in total. The molecule has 0 radical (unpaired) electrons. The average molecular weight is 435 g/mol. The van der Waals surface area contributed by atoms with E-state index in [1.54, 1.807) is 50.2 Å². The fourth-order valence-electron chi connectivity index (χ4n) is 3.52. The molecule has 0 saturated heterocycles. The summed E-state index contributed by atoms with van der Waals surface area (Å²) in [6.07, 6.45) is 0. The van der Waals surface area contributed by atoms with E-state index in [-0.39, 0.29) is 6.79 Å². The van der Waals surface area contributed by atoms with Gasteiger partial charge in [-0.25, -0.2) is 4.68 Å². The molecule has 3 heterocycles. The Hall–Kier alpha value is -4.01. The molecule has 2 aromatic carbocycles. The summed E-state index contributed by atoms with van der Waals surface area (Å²) < 4.78 is 23.0. The van der Waals surface area contributed by atoms with E-state index in [4.69, 9.17) is 18.9 Å². The molecule has 0 atom stereocenters. The van der Waals surface area contributed by atoms with Gasteiger partial charge in [0.1, 0.15) is 18.8 Å². The summed E-state index contributed by atoms with van der Waals surface area (Å²) in [4.78, 5) is 25.8. The molecule has 5 rings (SSSR count). The minimum Gasteiger partial charge on any atom is -0.486 e. The summed E-state index contributed by atoms with van der Waals surface area (Å²) in [7, 11) is 0. The van der Waals surface area contributed by atoms with Crippen molar-refractivity contribution in [1.29, 1.82) is 0 Å². The second kappa shape index (κ2) is 7.60. The Bertz CT molecular complexity index is 1270. The van der Waals surface area contributed by atoms with E-state index >= 15 is 0 Å². The van der Waals surface area contributed by atoms with Gasteiger partial charge in [0.25, 0.3) is 11.5 Å². The highest BCUT2D eigenvalue weighted by Crippen LogP contribution is 2.35. The highest BCUT2D eigenvalue weighted by atomic mass is 16.7. The van der Waals surface area contributed by atoms with Crippen LogP contribution in [0.25, 0.3) is 11.3 Å². The van der Waals surface area contributed by atoms with Crippen LogP contribution in [0, 0.1) is 0 Å². The smallest absolute Gasteiger partial charge is 0.267 e. The van der Waals surface area contributed by atoms with Crippen molar-refractivity contribution >= 4 is 11.6 Å². The lowest BCUT2D eigenvalue weighted by Crippen LogP contribution is -2.47. The van der Waals surface area contributed by atoms with Crippen molar-refractivity contribution in [3.8, 4) is 34.3 Å². The van der Waals surface area contributed by atoms with E-state index in [0.717, 1.165) is 5.56 Å². The number of amides is 1. The molecule has 0 saturated carbocycles. The van der Waals surface area contributed by atoms with E-state index in [9.17, 15) is 9.59 Å². The molecule has 0 fully saturated rings. The Morgan fingerprint density at radius 1 is 0.906 bits per heavy atom. The fourth-order valence-corrected chi connectivity index (χ4v) is 3.52. The molecule has 2 aliphatic rings. The summed E-state index contributed by atoms with van der Waals surface area (Å²) in [5.41, 5.74) is 0.148. The molecule has 0 spiro atoms. The van der Waals surface area contributed by atoms with E-state index in [1.807, 2.05) is 6.07 Å². The predicted molar refractivity (Wildman–Crippen MR) is 115 cm³/mol. The van der Waals surface area contributed by atoms with Gasteiger partial charge in [-0.15, -0.1) is 0 Å². The van der Waals surface area contributed by atoms with Crippen LogP contribution in [0.1, 0.15) is 13.8 Å². The first-order valence-corrected chi connectivity index (χ1v) is 10.1. The van der Waals surface area contributed by atoms with Gasteiger partial charge in [-0.05, 0) is 50.2 Å². The third kappa shape index (κ3) is 3.51. The molecular weight excluding hydrogens is 414 g/mol. The molecule has 1 aromatic heterocycles. The molecule has 0 unspecified atom stereocenters. The third-order valence-corrected chi connectivity index (χ3v) is 5.35. The topological polar surface area (TPSA) is 101 Å². The van der Waals surface area contributed by atoms with Crippen molar-refractivity contribution in [1.82, 2.24) is 9.78 Å². The number of ether oxygens (including phenoxy) is 4. The molecule has 3 aromatic rings. The molecule has 0 bridgehead atoms. The number of carbonyl (C=O) groups excluding carboxylic acids is 1. The normalized spacial score (nSPS) is 14.2. The van der Waals surface area contributed by atoms with Crippen LogP contribution in [0.4, 0.5) is 5.69 Å². The molecule has 32 heavy (non-hydrogen) atoms. The second-order valence-corrected chi connectivity index (χ2v) is 7.91. The Kier molecular flexibility index (Phi) is 4.73. The SMILES string of the molecule is CC(C)(C(=O)Nc1ccc2c(c1)OCCO2)n1nc(-c2ccc3c(c2)OCO3)ccc1=O. The fraction of sp³-hybridized carbons (Fsp3) is 0.261. The van der Waals surface area contributed by atoms with Crippen molar-refractivity contribution in [2.45, 2.75) is 19.4 Å². The van der Waals surface area contributed by atoms with Crippen LogP contribution >= 0.6 is 0 Å². The quantitative estimate of drug-likeness (QED) is 0.672. The van der Waals surface area contributed by atoms with Gasteiger partial charge in [0, 0.05) is 23.4 Å². The Balaban J connectivity index is 1.43. The van der Waals surface area contributed by atoms with Gasteiger partial charge in [0.05, 0.1) is 5.69 Å². The zero-order valence-corrected chi connectivity index (χ0v) is 17.6. The van der Waals surface area contributed by atoms with Crippen LogP contribution in [0.15, 0.2) is 53.3 Å². The van der Waals surface area contributed by atoms with Gasteiger partial charge in [-0.1, -0.05) is 0 Å². The number of rotatable bonds is 4. The Labute approximate surface area is 183 Å². The number of carbonyl (C=O) groups is 1. The zero-order valence-electron chi connectivity index (χ0n) is 17.6. The molecule has 9 nitrogen and oxygen atoms in total. The summed E-state index contributed by atoms with van der Waals surface area (Å²) >= 11 is 0. The zero-order chi connectivity index (χ0) is 22.3. The van der Waals surface area contributed by atoms with Crippen LogP contribution in [0.3, 0.4) is 0 Å². The monoisotopic (exact) mass is 435 g/mol. The minimum atomic E-state index is -1.27. The van der Waals surface area contributed by atoms with E-state index < -0.39 is 17.0 Å². The average Bonchev–Trinajstić information content (AvgIpc) is 3.27. The number of fused-ring (bicyclic) bond motifs is 2. The van der Waals surface area contributed by atoms with Gasteiger partial charge in [-0.3, -0.25) is 9.59 Å². The number of anilines is 1. The third-order valence-electron chi connectivity index (χ3n) is 5.35. The van der Waals surface area contributed by atoms with Crippen LogP contribution in [0.2, 0.25) is 0 Å². The number of hydrogen-bond donors (Lipinski definition) is 1. The molecule has 0 aliphatic carbocycles. The van der Waals surface area contributed by atoms with Crippen LogP contribution in [-0.2, 0) is 10.3 Å². The van der Waals surface area contributed by atoms with Crippen LogP contribution in [-0.4, -0.2) is 35.7 Å². The number of aromatic nitrogens is 2. The summed E-state index contributed by atoms with van der Waals surface area (Å²) in [6, 6.07) is 13.6. The van der Waals surface area contributed by atoms with Crippen molar-refractivity contribution in [2.24, 2.45) is 0 Å². The maximum atomic E-state index is 13.1. The maximum Gasteiger partial charge on any atom is 0.267 e. The summed E-state index contributed by atoms with van der Waals surface area (Å²) in [5.74, 6) is 2.06. The van der Waals surface area contributed by atoms with Crippen molar-refractivity contribution in [3.63, 3.8) is 0 Å². The number of nitrogens with zero attached hydrogens (tertiary/aromatic N) is 2. The van der Waals surface area contributed by atoms with E-state index in [0.29, 0.717) is 47.6 Å².